The van der Waals surface area contributed by atoms with E-state index in [2.05, 4.69) is 10.3 Å². The topological polar surface area (TPSA) is 136 Å². The third kappa shape index (κ3) is 8.04. The van der Waals surface area contributed by atoms with Gasteiger partial charge in [0, 0.05) is 31.3 Å². The predicted molar refractivity (Wildman–Crippen MR) is 170 cm³/mol. The summed E-state index contributed by atoms with van der Waals surface area (Å²) in [5, 5.41) is 2.03. The molecule has 4 rings (SSSR count). The van der Waals surface area contributed by atoms with Gasteiger partial charge in [0.1, 0.15) is 22.2 Å². The molecule has 0 aliphatic carbocycles. The summed E-state index contributed by atoms with van der Waals surface area (Å²) in [5.74, 6) is -0.329. The number of nitrogens with one attached hydrogen (secondary N) is 1. The average molecular weight is 682 g/mol. The zero-order chi connectivity index (χ0) is 32.7. The fourth-order valence-corrected chi connectivity index (χ4v) is 6.95. The van der Waals surface area contributed by atoms with Gasteiger partial charge in [-0.3, -0.25) is 0 Å². The number of carbonyl (C=O) groups is 1. The molecule has 16 heteroatoms. The van der Waals surface area contributed by atoms with Crippen molar-refractivity contribution in [2.75, 3.05) is 48.9 Å². The summed E-state index contributed by atoms with van der Waals surface area (Å²) in [5.41, 5.74) is 6.77. The van der Waals surface area contributed by atoms with E-state index in [0.717, 1.165) is 28.3 Å². The van der Waals surface area contributed by atoms with Gasteiger partial charge in [0.05, 0.1) is 55.7 Å². The van der Waals surface area contributed by atoms with Crippen molar-refractivity contribution >= 4 is 61.2 Å². The van der Waals surface area contributed by atoms with Crippen LogP contribution in [0.3, 0.4) is 0 Å². The van der Waals surface area contributed by atoms with Crippen molar-refractivity contribution in [1.82, 2.24) is 4.98 Å². The maximum absolute atomic E-state index is 15.7. The molecule has 4 aromatic rings. The molecule has 3 aromatic carbocycles. The largest absolute Gasteiger partial charge is 0.497 e. The zero-order valence-corrected chi connectivity index (χ0v) is 26.8. The number of aromatic nitrogens is 1. The number of methoxy groups -OCH3 is 2. The summed E-state index contributed by atoms with van der Waals surface area (Å²) in [6.45, 7) is 0.277. The number of benzene rings is 3. The van der Waals surface area contributed by atoms with E-state index in [9.17, 15) is 17.6 Å². The van der Waals surface area contributed by atoms with Crippen LogP contribution >= 0.6 is 22.9 Å². The summed E-state index contributed by atoms with van der Waals surface area (Å²) in [6.07, 6.45) is 0.519. The fraction of sp³-hybridized carbons (Fsp3) is 0.241. The Balaban J connectivity index is 1.65. The van der Waals surface area contributed by atoms with Crippen molar-refractivity contribution in [3.8, 4) is 11.5 Å². The van der Waals surface area contributed by atoms with Crippen LogP contribution in [0.1, 0.15) is 12.0 Å². The minimum absolute atomic E-state index is 0.0883. The van der Waals surface area contributed by atoms with Crippen LogP contribution < -0.4 is 29.7 Å². The molecule has 0 fully saturated rings. The van der Waals surface area contributed by atoms with Crippen LogP contribution in [0.4, 0.5) is 35.8 Å². The van der Waals surface area contributed by atoms with Gasteiger partial charge in [-0.1, -0.05) is 35.1 Å². The highest BCUT2D eigenvalue weighted by atomic mass is 35.5. The number of thiazole rings is 1. The molecule has 0 atom stereocenters. The van der Waals surface area contributed by atoms with E-state index in [-0.39, 0.29) is 29.0 Å². The number of hydrogen-bond donors (Lipinski definition) is 2. The van der Waals surface area contributed by atoms with Crippen LogP contribution in [-0.2, 0) is 21.3 Å². The third-order valence-corrected chi connectivity index (χ3v) is 9.53. The number of amides is 1. The highest BCUT2D eigenvalue weighted by molar-refractivity contribution is 7.93. The second kappa shape index (κ2) is 14.6. The lowest BCUT2D eigenvalue weighted by molar-refractivity contribution is 0.156. The van der Waals surface area contributed by atoms with E-state index in [1.54, 1.807) is 30.3 Å². The minimum Gasteiger partial charge on any atom is -0.497 e. The first-order valence-electron chi connectivity index (χ1n) is 13.3. The summed E-state index contributed by atoms with van der Waals surface area (Å²) in [6, 6.07) is 13.8. The van der Waals surface area contributed by atoms with E-state index in [4.69, 9.17) is 31.5 Å². The van der Waals surface area contributed by atoms with Crippen molar-refractivity contribution in [1.29, 1.82) is 0 Å². The second-order valence-electron chi connectivity index (χ2n) is 9.48. The first kappa shape index (κ1) is 33.6. The normalized spacial score (nSPS) is 11.2. The Morgan fingerprint density at radius 1 is 1.09 bits per heavy atom. The molecule has 3 N–H and O–H groups in total. The summed E-state index contributed by atoms with van der Waals surface area (Å²) < 4.78 is 73.9. The number of primary amides is 1. The Bertz CT molecular complexity index is 1780. The van der Waals surface area contributed by atoms with Crippen LogP contribution in [0.5, 0.6) is 11.5 Å². The van der Waals surface area contributed by atoms with Gasteiger partial charge in [0.25, 0.3) is 10.0 Å². The first-order valence-corrected chi connectivity index (χ1v) is 15.9. The molecule has 1 amide bonds. The van der Waals surface area contributed by atoms with E-state index in [1.807, 2.05) is 24.1 Å². The van der Waals surface area contributed by atoms with Crippen LogP contribution in [-0.4, -0.2) is 53.9 Å². The fourth-order valence-electron chi connectivity index (χ4n) is 4.35. The maximum atomic E-state index is 15.7. The third-order valence-electron chi connectivity index (χ3n) is 6.54. The standard InChI is InChI=1S/C29H30ClF2N5O6S2/c1-36(11-6-12-43-28(33)38)24-8-5-4-7-22(24)35-23-15-21(31)26(14-20(23)30)45(39,40)37(29-34-16-27(32)44-29)17-18-9-10-19(41-2)13-25(18)42-3/h4-5,7-10,13-16,35H,6,11-12,17H2,1-3H3,(H2,33,38). The monoisotopic (exact) mass is 681 g/mol. The number of sulfonamides is 1. The summed E-state index contributed by atoms with van der Waals surface area (Å²) >= 11 is 7.01. The van der Waals surface area contributed by atoms with Crippen LogP contribution in [0.15, 0.2) is 65.7 Å². The minimum atomic E-state index is -4.68. The van der Waals surface area contributed by atoms with Crippen molar-refractivity contribution in [3.05, 3.63) is 82.3 Å². The van der Waals surface area contributed by atoms with E-state index < -0.39 is 32.0 Å². The van der Waals surface area contributed by atoms with Gasteiger partial charge in [-0.25, -0.2) is 26.9 Å². The number of nitrogens with zero attached hydrogens (tertiary/aromatic N) is 3. The molecule has 0 radical (unpaired) electrons. The maximum Gasteiger partial charge on any atom is 0.404 e. The number of para-hydroxylation sites is 2. The van der Waals surface area contributed by atoms with Gasteiger partial charge in [-0.15, -0.1) is 0 Å². The number of ether oxygens (including phenoxy) is 3. The summed E-state index contributed by atoms with van der Waals surface area (Å²) in [4.78, 5) is 15.9. The number of rotatable bonds is 14. The van der Waals surface area contributed by atoms with Gasteiger partial charge in [-0.05, 0) is 36.8 Å². The quantitative estimate of drug-likeness (QED) is 0.150. The molecule has 0 aliphatic heterocycles. The number of carbonyl (C=O) groups excluding carboxylic acids is 1. The molecule has 1 aromatic heterocycles. The number of anilines is 4. The van der Waals surface area contributed by atoms with Gasteiger partial charge < -0.3 is 30.2 Å². The first-order chi connectivity index (χ1) is 21.4. The molecule has 240 valence electrons. The molecular formula is C29H30ClF2N5O6S2. The molecule has 45 heavy (non-hydrogen) atoms. The van der Waals surface area contributed by atoms with Gasteiger partial charge in [-0.2, -0.15) is 4.39 Å². The lowest BCUT2D eigenvalue weighted by Crippen LogP contribution is -2.31. The average Bonchev–Trinajstić information content (AvgIpc) is 3.44. The molecule has 0 aliphatic rings. The molecule has 1 heterocycles. The van der Waals surface area contributed by atoms with E-state index in [1.165, 1.54) is 14.2 Å². The van der Waals surface area contributed by atoms with Crippen molar-refractivity contribution in [3.63, 3.8) is 0 Å². The van der Waals surface area contributed by atoms with Crippen LogP contribution in [0.25, 0.3) is 0 Å². The zero-order valence-electron chi connectivity index (χ0n) is 24.4. The van der Waals surface area contributed by atoms with Crippen LogP contribution in [0, 0.1) is 10.9 Å². The Morgan fingerprint density at radius 3 is 2.51 bits per heavy atom. The van der Waals surface area contributed by atoms with Gasteiger partial charge in [0.15, 0.2) is 5.13 Å². The van der Waals surface area contributed by atoms with Gasteiger partial charge in [0.2, 0.25) is 5.13 Å². The second-order valence-corrected chi connectivity index (χ2v) is 12.7. The molecule has 0 saturated heterocycles. The molecule has 0 spiro atoms. The number of halogens is 3. The Morgan fingerprint density at radius 2 is 1.84 bits per heavy atom. The number of nitrogens with two attached hydrogens (primary N) is 1. The van der Waals surface area contributed by atoms with E-state index in [0.29, 0.717) is 47.1 Å². The molecule has 0 unspecified atom stereocenters. The van der Waals surface area contributed by atoms with Crippen molar-refractivity contribution in [2.45, 2.75) is 17.9 Å². The molecule has 11 nitrogen and oxygen atoms in total. The Labute approximate surface area is 268 Å². The Kier molecular flexibility index (Phi) is 10.9. The smallest absolute Gasteiger partial charge is 0.404 e. The van der Waals surface area contributed by atoms with Gasteiger partial charge >= 0.3 is 6.09 Å². The Hall–Kier alpha value is -4.34. The molecule has 0 bridgehead atoms. The molecule has 0 saturated carbocycles. The highest BCUT2D eigenvalue weighted by Gasteiger charge is 2.32. The highest BCUT2D eigenvalue weighted by Crippen LogP contribution is 2.37. The van der Waals surface area contributed by atoms with Crippen molar-refractivity contribution in [2.24, 2.45) is 5.73 Å². The van der Waals surface area contributed by atoms with Crippen molar-refractivity contribution < 1.29 is 36.2 Å². The lowest BCUT2D eigenvalue weighted by atomic mass is 10.2. The lowest BCUT2D eigenvalue weighted by Gasteiger charge is -2.24. The number of hydrogen-bond acceptors (Lipinski definition) is 10. The predicted octanol–water partition coefficient (Wildman–Crippen LogP) is 6.15. The SMILES string of the molecule is COc1ccc(CN(c2ncc(F)s2)S(=O)(=O)c2cc(Cl)c(Nc3ccccc3N(C)CCCOC(N)=O)cc2F)c(OC)c1. The molecular weight excluding hydrogens is 652 g/mol. The van der Waals surface area contributed by atoms with E-state index >= 15 is 4.39 Å². The summed E-state index contributed by atoms with van der Waals surface area (Å²) in [7, 11) is 0.0111. The van der Waals surface area contributed by atoms with Crippen LogP contribution in [0.2, 0.25) is 5.02 Å².